The number of halogens is 1. The maximum atomic E-state index is 11.2. The lowest BCUT2D eigenvalue weighted by Gasteiger charge is -2.13. The van der Waals surface area contributed by atoms with E-state index in [1.807, 2.05) is 25.1 Å². The number of benzene rings is 1. The molecule has 7 heteroatoms. The third kappa shape index (κ3) is 3.82. The first-order chi connectivity index (χ1) is 9.62. The van der Waals surface area contributed by atoms with Gasteiger partial charge >= 0.3 is 0 Å². The highest BCUT2D eigenvalue weighted by atomic mass is 35.5. The SMILES string of the molecule is COCC(C)Oc1ccc2nc(NC(=O)CCl)sc2c1. The second-order valence-electron chi connectivity index (χ2n) is 4.21. The van der Waals surface area contributed by atoms with Crippen LogP contribution in [0.25, 0.3) is 10.2 Å². The van der Waals surface area contributed by atoms with Crippen LogP contribution in [0.1, 0.15) is 6.92 Å². The Labute approximate surface area is 125 Å². The number of fused-ring (bicyclic) bond motifs is 1. The molecule has 0 radical (unpaired) electrons. The number of hydrogen-bond donors (Lipinski definition) is 1. The molecule has 1 heterocycles. The number of carbonyl (C=O) groups excluding carboxylic acids is 1. The maximum absolute atomic E-state index is 11.2. The van der Waals surface area contributed by atoms with Gasteiger partial charge in [0.25, 0.3) is 0 Å². The van der Waals surface area contributed by atoms with Crippen LogP contribution in [0.5, 0.6) is 5.75 Å². The maximum Gasteiger partial charge on any atom is 0.241 e. The third-order valence-corrected chi connectivity index (χ3v) is 3.64. The van der Waals surface area contributed by atoms with Gasteiger partial charge in [-0.2, -0.15) is 0 Å². The second kappa shape index (κ2) is 6.88. The van der Waals surface area contributed by atoms with Crippen LogP contribution in [0.4, 0.5) is 5.13 Å². The van der Waals surface area contributed by atoms with E-state index in [9.17, 15) is 4.79 Å². The summed E-state index contributed by atoms with van der Waals surface area (Å²) in [5.41, 5.74) is 0.812. The van der Waals surface area contributed by atoms with Crippen molar-refractivity contribution in [1.82, 2.24) is 4.98 Å². The van der Waals surface area contributed by atoms with Crippen LogP contribution in [0.15, 0.2) is 18.2 Å². The molecule has 20 heavy (non-hydrogen) atoms. The minimum absolute atomic E-state index is 0.0270. The Balaban J connectivity index is 2.15. The Bertz CT molecular complexity index is 602. The van der Waals surface area contributed by atoms with Crippen LogP contribution < -0.4 is 10.1 Å². The molecular formula is C13H15ClN2O3S. The normalized spacial score (nSPS) is 12.3. The molecular weight excluding hydrogens is 300 g/mol. The summed E-state index contributed by atoms with van der Waals surface area (Å²) in [5, 5.41) is 3.17. The largest absolute Gasteiger partial charge is 0.488 e. The van der Waals surface area contributed by atoms with Gasteiger partial charge in [0.05, 0.1) is 16.8 Å². The zero-order valence-electron chi connectivity index (χ0n) is 11.2. The molecule has 0 fully saturated rings. The number of carbonyl (C=O) groups is 1. The summed E-state index contributed by atoms with van der Waals surface area (Å²) in [6.45, 7) is 2.46. The molecule has 1 atom stereocenters. The van der Waals surface area contributed by atoms with E-state index in [-0.39, 0.29) is 17.9 Å². The smallest absolute Gasteiger partial charge is 0.241 e. The minimum atomic E-state index is -0.268. The Hall–Kier alpha value is -1.37. The number of aromatic nitrogens is 1. The van der Waals surface area contributed by atoms with E-state index in [0.717, 1.165) is 16.0 Å². The van der Waals surface area contributed by atoms with E-state index in [0.29, 0.717) is 11.7 Å². The molecule has 1 N–H and O–H groups in total. The summed E-state index contributed by atoms with van der Waals surface area (Å²) in [6.07, 6.45) is -0.0270. The predicted molar refractivity (Wildman–Crippen MR) is 80.9 cm³/mol. The first-order valence-electron chi connectivity index (χ1n) is 6.04. The van der Waals surface area contributed by atoms with Crippen molar-refractivity contribution in [2.24, 2.45) is 0 Å². The van der Waals surface area contributed by atoms with Gasteiger partial charge in [-0.05, 0) is 25.1 Å². The second-order valence-corrected chi connectivity index (χ2v) is 5.51. The zero-order valence-corrected chi connectivity index (χ0v) is 12.8. The van der Waals surface area contributed by atoms with Crippen molar-refractivity contribution in [2.75, 3.05) is 24.9 Å². The number of anilines is 1. The lowest BCUT2D eigenvalue weighted by molar-refractivity contribution is -0.113. The summed E-state index contributed by atoms with van der Waals surface area (Å²) in [7, 11) is 1.64. The van der Waals surface area contributed by atoms with Gasteiger partial charge in [0, 0.05) is 7.11 Å². The monoisotopic (exact) mass is 314 g/mol. The fraction of sp³-hybridized carbons (Fsp3) is 0.385. The fourth-order valence-corrected chi connectivity index (χ4v) is 2.66. The molecule has 0 saturated carbocycles. The molecule has 1 aromatic carbocycles. The third-order valence-electron chi connectivity index (χ3n) is 2.47. The first-order valence-corrected chi connectivity index (χ1v) is 7.39. The van der Waals surface area contributed by atoms with E-state index >= 15 is 0 Å². The number of alkyl halides is 1. The Kier molecular flexibility index (Phi) is 5.17. The van der Waals surface area contributed by atoms with Gasteiger partial charge in [-0.25, -0.2) is 4.98 Å². The van der Waals surface area contributed by atoms with Crippen LogP contribution >= 0.6 is 22.9 Å². The van der Waals surface area contributed by atoms with E-state index < -0.39 is 0 Å². The highest BCUT2D eigenvalue weighted by molar-refractivity contribution is 7.22. The Morgan fingerprint density at radius 2 is 2.35 bits per heavy atom. The lowest BCUT2D eigenvalue weighted by Crippen LogP contribution is -2.17. The van der Waals surface area contributed by atoms with Crippen molar-refractivity contribution in [3.8, 4) is 5.75 Å². The van der Waals surface area contributed by atoms with Crippen LogP contribution in [0, 0.1) is 0 Å². The molecule has 2 rings (SSSR count). The lowest BCUT2D eigenvalue weighted by atomic mass is 10.3. The fourth-order valence-electron chi connectivity index (χ4n) is 1.69. The van der Waals surface area contributed by atoms with Crippen LogP contribution in [-0.2, 0) is 9.53 Å². The molecule has 0 aliphatic heterocycles. The summed E-state index contributed by atoms with van der Waals surface area (Å²) in [4.78, 5) is 15.5. The summed E-state index contributed by atoms with van der Waals surface area (Å²) in [6, 6.07) is 5.61. The van der Waals surface area contributed by atoms with Crippen molar-refractivity contribution in [3.63, 3.8) is 0 Å². The van der Waals surface area contributed by atoms with Crippen LogP contribution in [-0.4, -0.2) is 36.6 Å². The van der Waals surface area contributed by atoms with Gasteiger partial charge in [-0.3, -0.25) is 4.79 Å². The van der Waals surface area contributed by atoms with Gasteiger partial charge in [-0.15, -0.1) is 11.6 Å². The van der Waals surface area contributed by atoms with Gasteiger partial charge in [0.15, 0.2) is 5.13 Å². The van der Waals surface area contributed by atoms with E-state index in [1.165, 1.54) is 11.3 Å². The van der Waals surface area contributed by atoms with Gasteiger partial charge in [0.2, 0.25) is 5.91 Å². The average Bonchev–Trinajstić information content (AvgIpc) is 2.80. The van der Waals surface area contributed by atoms with Crippen LogP contribution in [0.2, 0.25) is 0 Å². The molecule has 0 bridgehead atoms. The average molecular weight is 315 g/mol. The standard InChI is InChI=1S/C13H15ClN2O3S/c1-8(7-18-2)19-9-3-4-10-11(5-9)20-13(15-10)16-12(17)6-14/h3-5,8H,6-7H2,1-2H3,(H,15,16,17). The minimum Gasteiger partial charge on any atom is -0.488 e. The van der Waals surface area contributed by atoms with Crippen molar-refractivity contribution >= 4 is 44.2 Å². The number of thiazole rings is 1. The van der Waals surface area contributed by atoms with Crippen molar-refractivity contribution < 1.29 is 14.3 Å². The number of amides is 1. The summed E-state index contributed by atoms with van der Waals surface area (Å²) >= 11 is 6.83. The molecule has 0 saturated heterocycles. The Morgan fingerprint density at radius 3 is 3.05 bits per heavy atom. The van der Waals surface area contributed by atoms with Crippen LogP contribution in [0.3, 0.4) is 0 Å². The zero-order chi connectivity index (χ0) is 14.5. The molecule has 5 nitrogen and oxygen atoms in total. The van der Waals surface area contributed by atoms with Gasteiger partial charge in [-0.1, -0.05) is 11.3 Å². The van der Waals surface area contributed by atoms with Crippen molar-refractivity contribution in [3.05, 3.63) is 18.2 Å². The first kappa shape index (κ1) is 15.0. The van der Waals surface area contributed by atoms with E-state index in [2.05, 4.69) is 10.3 Å². The highest BCUT2D eigenvalue weighted by Gasteiger charge is 2.09. The molecule has 0 spiro atoms. The molecule has 0 aliphatic carbocycles. The topological polar surface area (TPSA) is 60.5 Å². The van der Waals surface area contributed by atoms with Crippen molar-refractivity contribution in [2.45, 2.75) is 13.0 Å². The Morgan fingerprint density at radius 1 is 1.55 bits per heavy atom. The molecule has 1 aromatic heterocycles. The molecule has 1 unspecified atom stereocenters. The van der Waals surface area contributed by atoms with E-state index in [1.54, 1.807) is 7.11 Å². The number of nitrogens with one attached hydrogen (secondary N) is 1. The van der Waals surface area contributed by atoms with Gasteiger partial charge in [0.1, 0.15) is 17.7 Å². The van der Waals surface area contributed by atoms with Gasteiger partial charge < -0.3 is 14.8 Å². The quantitative estimate of drug-likeness (QED) is 0.833. The van der Waals surface area contributed by atoms with E-state index in [4.69, 9.17) is 21.1 Å². The number of hydrogen-bond acceptors (Lipinski definition) is 5. The summed E-state index contributed by atoms with van der Waals surface area (Å²) < 4.78 is 11.7. The summed E-state index contributed by atoms with van der Waals surface area (Å²) in [5.74, 6) is 0.399. The molecule has 108 valence electrons. The highest BCUT2D eigenvalue weighted by Crippen LogP contribution is 2.29. The predicted octanol–water partition coefficient (Wildman–Crippen LogP) is 2.89. The number of rotatable bonds is 6. The molecule has 0 aliphatic rings. The molecule has 1 amide bonds. The molecule has 2 aromatic rings. The number of methoxy groups -OCH3 is 1. The number of ether oxygens (including phenoxy) is 2. The van der Waals surface area contributed by atoms with Crippen molar-refractivity contribution in [1.29, 1.82) is 0 Å². The number of nitrogens with zero attached hydrogens (tertiary/aromatic N) is 1.